The van der Waals surface area contributed by atoms with Crippen LogP contribution >= 0.6 is 15.9 Å². The topological polar surface area (TPSA) is 71.5 Å². The number of nitrogens with one attached hydrogen (secondary N) is 1. The molecule has 0 saturated heterocycles. The summed E-state index contributed by atoms with van der Waals surface area (Å²) in [4.78, 5) is 15.6. The Morgan fingerprint density at radius 1 is 1.48 bits per heavy atom. The molecule has 1 heterocycles. The largest absolute Gasteiger partial charge is 0.478 e. The molecule has 2 atom stereocenters. The number of anilines is 1. The van der Waals surface area contributed by atoms with E-state index in [1.807, 2.05) is 0 Å². The molecular weight excluding hydrogens is 367 g/mol. The summed E-state index contributed by atoms with van der Waals surface area (Å²) in [5, 5.41) is 13.3. The number of aromatic carboxylic acids is 1. The molecule has 23 heavy (non-hydrogen) atoms. The Bertz CT molecular complexity index is 769. The van der Waals surface area contributed by atoms with Gasteiger partial charge in [-0.2, -0.15) is 0 Å². The zero-order valence-corrected chi connectivity index (χ0v) is 14.1. The summed E-state index contributed by atoms with van der Waals surface area (Å²) in [6.45, 7) is 0. The predicted octanol–water partition coefficient (Wildman–Crippen LogP) is 3.81. The van der Waals surface area contributed by atoms with Crippen molar-refractivity contribution in [2.75, 3.05) is 12.4 Å². The highest BCUT2D eigenvalue weighted by Crippen LogP contribution is 2.33. The first-order chi connectivity index (χ1) is 11.0. The Kier molecular flexibility index (Phi) is 4.50. The first-order valence-corrected chi connectivity index (χ1v) is 8.09. The molecule has 1 aliphatic carbocycles. The number of carboxylic acids is 1. The number of hydrogen-bond acceptors (Lipinski definition) is 4. The highest BCUT2D eigenvalue weighted by atomic mass is 79.9. The molecule has 2 N–H and O–H groups in total. The highest BCUT2D eigenvalue weighted by molar-refractivity contribution is 9.10. The Morgan fingerprint density at radius 3 is 2.91 bits per heavy atom. The third kappa shape index (κ3) is 3.16. The minimum atomic E-state index is -1.07. The van der Waals surface area contributed by atoms with Gasteiger partial charge in [-0.05, 0) is 41.3 Å². The second kappa shape index (κ2) is 6.41. The van der Waals surface area contributed by atoms with Crippen molar-refractivity contribution in [1.82, 2.24) is 4.98 Å². The average molecular weight is 383 g/mol. The van der Waals surface area contributed by atoms with Gasteiger partial charge in [0.2, 0.25) is 0 Å². The predicted molar refractivity (Wildman–Crippen MR) is 88.4 cm³/mol. The van der Waals surface area contributed by atoms with Crippen molar-refractivity contribution in [3.8, 4) is 0 Å². The van der Waals surface area contributed by atoms with Gasteiger partial charge in [0.05, 0.1) is 21.8 Å². The number of carboxylic acid groups (broad SMARTS) is 1. The van der Waals surface area contributed by atoms with Gasteiger partial charge >= 0.3 is 5.97 Å². The molecule has 7 heteroatoms. The summed E-state index contributed by atoms with van der Waals surface area (Å²) in [5.74, 6) is -1.50. The summed E-state index contributed by atoms with van der Waals surface area (Å²) >= 11 is 3.15. The molecule has 3 rings (SSSR count). The Balaban J connectivity index is 2.06. The van der Waals surface area contributed by atoms with Gasteiger partial charge in [-0.25, -0.2) is 9.18 Å². The van der Waals surface area contributed by atoms with E-state index in [9.17, 15) is 14.3 Å². The van der Waals surface area contributed by atoms with Crippen LogP contribution in [-0.4, -0.2) is 35.3 Å². The number of rotatable bonds is 4. The fourth-order valence-corrected chi connectivity index (χ4v) is 3.34. The lowest BCUT2D eigenvalue weighted by molar-refractivity contribution is 0.0697. The molecule has 0 radical (unpaired) electrons. The van der Waals surface area contributed by atoms with Crippen LogP contribution in [0.1, 0.15) is 29.6 Å². The zero-order valence-electron chi connectivity index (χ0n) is 12.5. The maximum absolute atomic E-state index is 13.7. The zero-order chi connectivity index (χ0) is 16.6. The number of benzene rings is 1. The first-order valence-electron chi connectivity index (χ1n) is 7.30. The number of nitrogens with zero attached hydrogens (tertiary/aromatic N) is 1. The van der Waals surface area contributed by atoms with Crippen LogP contribution < -0.4 is 5.32 Å². The number of fused-ring (bicyclic) bond motifs is 1. The Hall–Kier alpha value is -1.73. The Morgan fingerprint density at radius 2 is 2.26 bits per heavy atom. The van der Waals surface area contributed by atoms with Crippen molar-refractivity contribution in [3.05, 3.63) is 34.2 Å². The number of aromatic nitrogens is 1. The second-order valence-corrected chi connectivity index (χ2v) is 6.50. The summed E-state index contributed by atoms with van der Waals surface area (Å²) in [6.07, 6.45) is 4.07. The fraction of sp³-hybridized carbons (Fsp3) is 0.375. The summed E-state index contributed by atoms with van der Waals surface area (Å²) < 4.78 is 19.3. The number of carbonyl (C=O) groups is 1. The van der Waals surface area contributed by atoms with E-state index in [0.29, 0.717) is 16.6 Å². The van der Waals surface area contributed by atoms with E-state index in [1.54, 1.807) is 13.2 Å². The highest BCUT2D eigenvalue weighted by Gasteiger charge is 2.26. The van der Waals surface area contributed by atoms with E-state index in [1.165, 1.54) is 12.3 Å². The summed E-state index contributed by atoms with van der Waals surface area (Å²) in [5.41, 5.74) is 0.973. The van der Waals surface area contributed by atoms with E-state index >= 15 is 0 Å². The molecule has 0 amide bonds. The van der Waals surface area contributed by atoms with E-state index in [0.717, 1.165) is 19.3 Å². The Labute approximate surface area is 141 Å². The van der Waals surface area contributed by atoms with Crippen LogP contribution in [0, 0.1) is 5.82 Å². The third-order valence-corrected chi connectivity index (χ3v) is 4.81. The monoisotopic (exact) mass is 382 g/mol. The second-order valence-electron chi connectivity index (χ2n) is 5.65. The van der Waals surface area contributed by atoms with Crippen molar-refractivity contribution in [1.29, 1.82) is 0 Å². The van der Waals surface area contributed by atoms with Crippen molar-refractivity contribution >= 4 is 38.5 Å². The number of pyridine rings is 1. The van der Waals surface area contributed by atoms with E-state index in [-0.39, 0.29) is 22.2 Å². The van der Waals surface area contributed by atoms with E-state index < -0.39 is 11.8 Å². The maximum Gasteiger partial charge on any atom is 0.339 e. The number of methoxy groups -OCH3 is 1. The number of ether oxygens (including phenoxy) is 1. The van der Waals surface area contributed by atoms with Crippen molar-refractivity contribution < 1.29 is 19.0 Å². The molecule has 1 aromatic heterocycles. The first kappa shape index (κ1) is 16.1. The number of halogens is 2. The minimum absolute atomic E-state index is 0.0804. The van der Waals surface area contributed by atoms with Gasteiger partial charge in [-0.3, -0.25) is 4.98 Å². The standard InChI is InChI=1S/C16H16BrFN2O3/c1-23-9-3-2-8(4-9)20-15-10-5-12(17)13(18)6-14(10)19-7-11(15)16(21)22/h5-9H,2-4H2,1H3,(H,19,20)(H,21,22). The van der Waals surface area contributed by atoms with Crippen LogP contribution in [-0.2, 0) is 4.74 Å². The molecule has 1 aliphatic rings. The third-order valence-electron chi connectivity index (χ3n) is 4.21. The van der Waals surface area contributed by atoms with Crippen LogP contribution in [0.4, 0.5) is 10.1 Å². The lowest BCUT2D eigenvalue weighted by atomic mass is 10.1. The van der Waals surface area contributed by atoms with Crippen molar-refractivity contribution in [2.24, 2.45) is 0 Å². The van der Waals surface area contributed by atoms with Gasteiger partial charge < -0.3 is 15.2 Å². The van der Waals surface area contributed by atoms with Gasteiger partial charge in [0.25, 0.3) is 0 Å². The van der Waals surface area contributed by atoms with Crippen LogP contribution in [0.5, 0.6) is 0 Å². The molecule has 2 aromatic rings. The normalized spacial score (nSPS) is 20.8. The molecule has 2 unspecified atom stereocenters. The molecular formula is C16H16BrFN2O3. The molecule has 1 aromatic carbocycles. The van der Waals surface area contributed by atoms with Crippen LogP contribution in [0.3, 0.4) is 0 Å². The molecule has 1 fully saturated rings. The molecule has 0 spiro atoms. The molecule has 0 bridgehead atoms. The summed E-state index contributed by atoms with van der Waals surface area (Å²) in [7, 11) is 1.68. The van der Waals surface area contributed by atoms with E-state index in [2.05, 4.69) is 26.2 Å². The lowest BCUT2D eigenvalue weighted by Crippen LogP contribution is -2.19. The quantitative estimate of drug-likeness (QED) is 0.840. The average Bonchev–Trinajstić information content (AvgIpc) is 2.96. The van der Waals surface area contributed by atoms with Crippen LogP contribution in [0.2, 0.25) is 0 Å². The van der Waals surface area contributed by atoms with Crippen LogP contribution in [0.15, 0.2) is 22.8 Å². The smallest absolute Gasteiger partial charge is 0.339 e. The van der Waals surface area contributed by atoms with E-state index in [4.69, 9.17) is 4.74 Å². The maximum atomic E-state index is 13.7. The minimum Gasteiger partial charge on any atom is -0.478 e. The molecule has 1 saturated carbocycles. The molecule has 122 valence electrons. The van der Waals surface area contributed by atoms with Gasteiger partial charge in [0.1, 0.15) is 11.4 Å². The number of hydrogen-bond donors (Lipinski definition) is 2. The fourth-order valence-electron chi connectivity index (χ4n) is 2.99. The van der Waals surface area contributed by atoms with Gasteiger partial charge in [-0.15, -0.1) is 0 Å². The summed E-state index contributed by atoms with van der Waals surface area (Å²) in [6, 6.07) is 2.98. The molecule has 5 nitrogen and oxygen atoms in total. The lowest BCUT2D eigenvalue weighted by Gasteiger charge is -2.18. The SMILES string of the molecule is COC1CCC(Nc2c(C(=O)O)cnc3cc(F)c(Br)cc23)C1. The van der Waals surface area contributed by atoms with Crippen LogP contribution in [0.25, 0.3) is 10.9 Å². The van der Waals surface area contributed by atoms with Crippen molar-refractivity contribution in [2.45, 2.75) is 31.4 Å². The molecule has 0 aliphatic heterocycles. The van der Waals surface area contributed by atoms with Crippen molar-refractivity contribution in [3.63, 3.8) is 0 Å². The van der Waals surface area contributed by atoms with Gasteiger partial charge in [0, 0.05) is 30.8 Å². The van der Waals surface area contributed by atoms with Gasteiger partial charge in [-0.1, -0.05) is 0 Å². The van der Waals surface area contributed by atoms with Gasteiger partial charge in [0.15, 0.2) is 0 Å².